The molecule has 0 bridgehead atoms. The molecule has 0 radical (unpaired) electrons. The predicted octanol–water partition coefficient (Wildman–Crippen LogP) is 2.64. The lowest BCUT2D eigenvalue weighted by molar-refractivity contribution is -0.00868. The lowest BCUT2D eigenvalue weighted by Crippen LogP contribution is -2.52. The molecule has 1 aliphatic heterocycles. The van der Waals surface area contributed by atoms with Crippen molar-refractivity contribution in [3.8, 4) is 0 Å². The smallest absolute Gasteiger partial charge is 0.0779 e. The summed E-state index contributed by atoms with van der Waals surface area (Å²) < 4.78 is 5.93. The van der Waals surface area contributed by atoms with Crippen LogP contribution >= 0.6 is 0 Å². The Balaban J connectivity index is 1.85. The number of hydrogen-bond acceptors (Lipinski definition) is 3. The molecule has 0 amide bonds. The summed E-state index contributed by atoms with van der Waals surface area (Å²) in [5, 5.41) is 9.27. The lowest BCUT2D eigenvalue weighted by Gasteiger charge is -2.45. The Morgan fingerprint density at radius 3 is 2.95 bits per heavy atom. The standard InChI is InChI=1S/C16H23NO2/c1-12-10-14(7-6-13(12)11-18)17-8-9-19-16-5-3-2-4-15(16)17/h6-7,10,15-16,18H,2-5,8-9,11H2,1H3. The van der Waals surface area contributed by atoms with E-state index in [4.69, 9.17) is 4.74 Å². The molecule has 2 atom stereocenters. The Hall–Kier alpha value is -1.06. The Morgan fingerprint density at radius 2 is 2.16 bits per heavy atom. The molecule has 2 unspecified atom stereocenters. The summed E-state index contributed by atoms with van der Waals surface area (Å²) in [4.78, 5) is 2.52. The monoisotopic (exact) mass is 261 g/mol. The molecule has 1 N–H and O–H groups in total. The first-order chi connectivity index (χ1) is 9.29. The molecule has 1 aromatic carbocycles. The summed E-state index contributed by atoms with van der Waals surface area (Å²) in [7, 11) is 0. The van der Waals surface area contributed by atoms with Gasteiger partial charge in [0, 0.05) is 12.2 Å². The number of rotatable bonds is 2. The average molecular weight is 261 g/mol. The van der Waals surface area contributed by atoms with E-state index >= 15 is 0 Å². The maximum atomic E-state index is 9.27. The first kappa shape index (κ1) is 12.9. The third-order valence-electron chi connectivity index (χ3n) is 4.56. The van der Waals surface area contributed by atoms with Gasteiger partial charge in [-0.2, -0.15) is 0 Å². The summed E-state index contributed by atoms with van der Waals surface area (Å²) in [6, 6.07) is 6.96. The molecule has 0 spiro atoms. The summed E-state index contributed by atoms with van der Waals surface area (Å²) in [5.41, 5.74) is 3.49. The molecule has 1 saturated heterocycles. The van der Waals surface area contributed by atoms with Crippen molar-refractivity contribution in [2.75, 3.05) is 18.1 Å². The van der Waals surface area contributed by atoms with Crippen LogP contribution in [-0.4, -0.2) is 30.4 Å². The summed E-state index contributed by atoms with van der Waals surface area (Å²) in [6.07, 6.45) is 5.48. The van der Waals surface area contributed by atoms with E-state index < -0.39 is 0 Å². The van der Waals surface area contributed by atoms with E-state index in [9.17, 15) is 5.11 Å². The van der Waals surface area contributed by atoms with E-state index in [-0.39, 0.29) is 6.61 Å². The van der Waals surface area contributed by atoms with Crippen LogP contribution in [-0.2, 0) is 11.3 Å². The fourth-order valence-electron chi connectivity index (χ4n) is 3.45. The van der Waals surface area contributed by atoms with Crippen LogP contribution in [0.25, 0.3) is 0 Å². The van der Waals surface area contributed by atoms with E-state index in [1.54, 1.807) is 0 Å². The number of hydrogen-bond donors (Lipinski definition) is 1. The number of aryl methyl sites for hydroxylation is 1. The van der Waals surface area contributed by atoms with Crippen molar-refractivity contribution in [1.29, 1.82) is 0 Å². The van der Waals surface area contributed by atoms with Gasteiger partial charge in [-0.3, -0.25) is 0 Å². The first-order valence-corrected chi connectivity index (χ1v) is 7.38. The van der Waals surface area contributed by atoms with Crippen LogP contribution < -0.4 is 4.90 Å². The first-order valence-electron chi connectivity index (χ1n) is 7.38. The van der Waals surface area contributed by atoms with Gasteiger partial charge in [-0.05, 0) is 43.0 Å². The Kier molecular flexibility index (Phi) is 3.76. The molecule has 1 aliphatic carbocycles. The quantitative estimate of drug-likeness (QED) is 0.888. The van der Waals surface area contributed by atoms with Crippen molar-refractivity contribution in [1.82, 2.24) is 0 Å². The van der Waals surface area contributed by atoms with Gasteiger partial charge in [0.25, 0.3) is 0 Å². The molecule has 1 saturated carbocycles. The molecule has 104 valence electrons. The van der Waals surface area contributed by atoms with Gasteiger partial charge in [-0.15, -0.1) is 0 Å². The molecule has 2 aliphatic rings. The molecule has 19 heavy (non-hydrogen) atoms. The largest absolute Gasteiger partial charge is 0.392 e. The molecule has 1 heterocycles. The zero-order chi connectivity index (χ0) is 13.2. The van der Waals surface area contributed by atoms with Crippen molar-refractivity contribution in [2.24, 2.45) is 0 Å². The van der Waals surface area contributed by atoms with Crippen LogP contribution in [0.5, 0.6) is 0 Å². The summed E-state index contributed by atoms with van der Waals surface area (Å²) >= 11 is 0. The Morgan fingerprint density at radius 1 is 1.32 bits per heavy atom. The van der Waals surface area contributed by atoms with Crippen molar-refractivity contribution >= 4 is 5.69 Å². The van der Waals surface area contributed by atoms with Crippen LogP contribution in [0.4, 0.5) is 5.69 Å². The zero-order valence-electron chi connectivity index (χ0n) is 11.6. The summed E-state index contributed by atoms with van der Waals surface area (Å²) in [6.45, 7) is 4.02. The van der Waals surface area contributed by atoms with Gasteiger partial charge in [0.1, 0.15) is 0 Å². The Bertz CT molecular complexity index is 444. The van der Waals surface area contributed by atoms with E-state index in [0.717, 1.165) is 18.7 Å². The predicted molar refractivity (Wildman–Crippen MR) is 76.4 cm³/mol. The van der Waals surface area contributed by atoms with Crippen LogP contribution in [0.2, 0.25) is 0 Å². The number of aliphatic hydroxyl groups is 1. The fraction of sp³-hybridized carbons (Fsp3) is 0.625. The molecule has 2 fully saturated rings. The van der Waals surface area contributed by atoms with E-state index in [1.807, 2.05) is 0 Å². The molecular weight excluding hydrogens is 238 g/mol. The topological polar surface area (TPSA) is 32.7 Å². The molecule has 3 nitrogen and oxygen atoms in total. The zero-order valence-corrected chi connectivity index (χ0v) is 11.6. The third-order valence-corrected chi connectivity index (χ3v) is 4.56. The van der Waals surface area contributed by atoms with Crippen molar-refractivity contribution < 1.29 is 9.84 Å². The highest BCUT2D eigenvalue weighted by Crippen LogP contribution is 2.32. The Labute approximate surface area is 115 Å². The van der Waals surface area contributed by atoms with Crippen molar-refractivity contribution in [3.63, 3.8) is 0 Å². The van der Waals surface area contributed by atoms with Crippen molar-refractivity contribution in [2.45, 2.75) is 51.4 Å². The molecule has 0 aromatic heterocycles. The van der Waals surface area contributed by atoms with E-state index in [0.29, 0.717) is 12.1 Å². The number of morpholine rings is 1. The van der Waals surface area contributed by atoms with Gasteiger partial charge in [-0.1, -0.05) is 18.9 Å². The minimum Gasteiger partial charge on any atom is -0.392 e. The number of fused-ring (bicyclic) bond motifs is 1. The number of benzene rings is 1. The molecular formula is C16H23NO2. The third kappa shape index (κ3) is 2.49. The maximum absolute atomic E-state index is 9.27. The van der Waals surface area contributed by atoms with Crippen molar-refractivity contribution in [3.05, 3.63) is 29.3 Å². The van der Waals surface area contributed by atoms with Gasteiger partial charge < -0.3 is 14.7 Å². The number of anilines is 1. The highest BCUT2D eigenvalue weighted by atomic mass is 16.5. The molecule has 3 rings (SSSR count). The molecule has 1 aromatic rings. The average Bonchev–Trinajstić information content (AvgIpc) is 2.46. The minimum atomic E-state index is 0.126. The number of ether oxygens (including phenoxy) is 1. The van der Waals surface area contributed by atoms with Crippen LogP contribution in [0.3, 0.4) is 0 Å². The fourth-order valence-corrected chi connectivity index (χ4v) is 3.45. The van der Waals surface area contributed by atoms with Gasteiger partial charge in [-0.25, -0.2) is 0 Å². The SMILES string of the molecule is Cc1cc(N2CCOC3CCCCC32)ccc1CO. The maximum Gasteiger partial charge on any atom is 0.0779 e. The summed E-state index contributed by atoms with van der Waals surface area (Å²) in [5.74, 6) is 0. The van der Waals surface area contributed by atoms with Crippen LogP contribution in [0.1, 0.15) is 36.8 Å². The highest BCUT2D eigenvalue weighted by Gasteiger charge is 2.34. The second-order valence-electron chi connectivity index (χ2n) is 5.72. The van der Waals surface area contributed by atoms with E-state index in [1.165, 1.54) is 36.9 Å². The van der Waals surface area contributed by atoms with Crippen LogP contribution in [0.15, 0.2) is 18.2 Å². The second-order valence-corrected chi connectivity index (χ2v) is 5.72. The van der Waals surface area contributed by atoms with Gasteiger partial charge in [0.05, 0.1) is 25.4 Å². The minimum absolute atomic E-state index is 0.126. The van der Waals surface area contributed by atoms with Gasteiger partial charge >= 0.3 is 0 Å². The van der Waals surface area contributed by atoms with E-state index in [2.05, 4.69) is 30.0 Å². The highest BCUT2D eigenvalue weighted by molar-refractivity contribution is 5.52. The second kappa shape index (κ2) is 5.51. The lowest BCUT2D eigenvalue weighted by atomic mass is 9.89. The number of aliphatic hydroxyl groups excluding tert-OH is 1. The van der Waals surface area contributed by atoms with Gasteiger partial charge in [0.2, 0.25) is 0 Å². The van der Waals surface area contributed by atoms with Crippen LogP contribution in [0, 0.1) is 6.92 Å². The van der Waals surface area contributed by atoms with Gasteiger partial charge in [0.15, 0.2) is 0 Å². The number of nitrogens with zero attached hydrogens (tertiary/aromatic N) is 1. The molecule has 3 heteroatoms. The normalized spacial score (nSPS) is 27.2.